The highest BCUT2D eigenvalue weighted by molar-refractivity contribution is 9.10. The number of carbonyl (C=O) groups is 1. The second kappa shape index (κ2) is 6.62. The van der Waals surface area contributed by atoms with Gasteiger partial charge in [-0.3, -0.25) is 9.78 Å². The summed E-state index contributed by atoms with van der Waals surface area (Å²) in [7, 11) is 1.51. The first-order chi connectivity index (χ1) is 9.61. The van der Waals surface area contributed by atoms with Crippen LogP contribution in [0.4, 0.5) is 5.69 Å². The zero-order valence-corrected chi connectivity index (χ0v) is 12.8. The Morgan fingerprint density at radius 3 is 2.95 bits per heavy atom. The van der Waals surface area contributed by atoms with E-state index in [4.69, 9.17) is 4.74 Å². The second-order valence-electron chi connectivity index (χ2n) is 4.20. The standard InChI is InChI=1S/C13H15BrN4O2/c1-9(20-2)13(19)18(8-12-16-3-4-17-12)11-5-10(14)6-15-7-11/h3-7,9H,8H2,1-2H3,(H,16,17)/t9-/m0/s1. The number of aromatic amines is 1. The summed E-state index contributed by atoms with van der Waals surface area (Å²) in [5, 5.41) is 0. The maximum Gasteiger partial charge on any atom is 0.256 e. The van der Waals surface area contributed by atoms with Crippen LogP contribution in [-0.4, -0.2) is 34.1 Å². The van der Waals surface area contributed by atoms with E-state index in [2.05, 4.69) is 30.9 Å². The van der Waals surface area contributed by atoms with Crippen molar-refractivity contribution in [2.75, 3.05) is 12.0 Å². The van der Waals surface area contributed by atoms with Gasteiger partial charge < -0.3 is 14.6 Å². The van der Waals surface area contributed by atoms with Crippen LogP contribution in [0.25, 0.3) is 0 Å². The molecule has 0 fully saturated rings. The normalized spacial score (nSPS) is 12.2. The van der Waals surface area contributed by atoms with Gasteiger partial charge >= 0.3 is 0 Å². The Morgan fingerprint density at radius 1 is 1.55 bits per heavy atom. The van der Waals surface area contributed by atoms with Crippen LogP contribution in [0.15, 0.2) is 35.3 Å². The number of rotatable bonds is 5. The van der Waals surface area contributed by atoms with Crippen molar-refractivity contribution >= 4 is 27.5 Å². The van der Waals surface area contributed by atoms with Gasteiger partial charge in [-0.05, 0) is 28.9 Å². The maximum atomic E-state index is 12.4. The first-order valence-electron chi connectivity index (χ1n) is 6.04. The molecule has 1 atom stereocenters. The number of aromatic nitrogens is 3. The zero-order valence-electron chi connectivity index (χ0n) is 11.2. The number of anilines is 1. The van der Waals surface area contributed by atoms with Crippen LogP contribution < -0.4 is 4.90 Å². The molecule has 106 valence electrons. The summed E-state index contributed by atoms with van der Waals surface area (Å²) in [6, 6.07) is 1.83. The number of H-pyrrole nitrogens is 1. The van der Waals surface area contributed by atoms with E-state index in [0.717, 1.165) is 4.47 Å². The number of carbonyl (C=O) groups excluding carboxylic acids is 1. The van der Waals surface area contributed by atoms with Gasteiger partial charge in [-0.15, -0.1) is 0 Å². The van der Waals surface area contributed by atoms with Crippen molar-refractivity contribution in [2.24, 2.45) is 0 Å². The van der Waals surface area contributed by atoms with E-state index >= 15 is 0 Å². The molecule has 0 bridgehead atoms. The Bertz CT molecular complexity index is 574. The zero-order chi connectivity index (χ0) is 14.5. The number of hydrogen-bond donors (Lipinski definition) is 1. The lowest BCUT2D eigenvalue weighted by atomic mass is 10.3. The Balaban J connectivity index is 2.30. The highest BCUT2D eigenvalue weighted by Crippen LogP contribution is 2.21. The molecule has 2 heterocycles. The minimum Gasteiger partial charge on any atom is -0.372 e. The minimum absolute atomic E-state index is 0.149. The van der Waals surface area contributed by atoms with E-state index in [9.17, 15) is 4.79 Å². The molecule has 1 amide bonds. The van der Waals surface area contributed by atoms with Gasteiger partial charge in [0.2, 0.25) is 0 Å². The van der Waals surface area contributed by atoms with Crippen molar-refractivity contribution in [3.8, 4) is 0 Å². The molecule has 0 spiro atoms. The van der Waals surface area contributed by atoms with E-state index in [1.54, 1.807) is 36.6 Å². The molecule has 2 aromatic heterocycles. The SMILES string of the molecule is CO[C@@H](C)C(=O)N(Cc1ncc[nH]1)c1cncc(Br)c1. The van der Waals surface area contributed by atoms with Gasteiger partial charge in [0.15, 0.2) is 0 Å². The lowest BCUT2D eigenvalue weighted by Gasteiger charge is -2.24. The molecule has 0 radical (unpaired) electrons. The fourth-order valence-electron chi connectivity index (χ4n) is 1.70. The average Bonchev–Trinajstić information content (AvgIpc) is 2.96. The number of amides is 1. The average molecular weight is 339 g/mol. The number of halogens is 1. The number of nitrogens with one attached hydrogen (secondary N) is 1. The summed E-state index contributed by atoms with van der Waals surface area (Å²) in [6.07, 6.45) is 6.13. The van der Waals surface area contributed by atoms with Crippen molar-refractivity contribution < 1.29 is 9.53 Å². The first kappa shape index (κ1) is 14.7. The number of pyridine rings is 1. The monoisotopic (exact) mass is 338 g/mol. The smallest absolute Gasteiger partial charge is 0.256 e. The Labute approximate surface area is 125 Å². The number of nitrogens with zero attached hydrogens (tertiary/aromatic N) is 3. The number of imidazole rings is 1. The molecule has 7 heteroatoms. The summed E-state index contributed by atoms with van der Waals surface area (Å²) in [6.45, 7) is 2.04. The molecule has 0 aromatic carbocycles. The van der Waals surface area contributed by atoms with E-state index in [-0.39, 0.29) is 5.91 Å². The summed E-state index contributed by atoms with van der Waals surface area (Å²) in [5.41, 5.74) is 0.685. The van der Waals surface area contributed by atoms with Crippen LogP contribution in [0.3, 0.4) is 0 Å². The summed E-state index contributed by atoms with van der Waals surface area (Å²) >= 11 is 3.36. The van der Waals surface area contributed by atoms with Crippen LogP contribution in [0.2, 0.25) is 0 Å². The first-order valence-corrected chi connectivity index (χ1v) is 6.84. The van der Waals surface area contributed by atoms with Gasteiger partial charge in [-0.25, -0.2) is 4.98 Å². The third kappa shape index (κ3) is 3.43. The Morgan fingerprint density at radius 2 is 2.35 bits per heavy atom. The van der Waals surface area contributed by atoms with Crippen molar-refractivity contribution in [2.45, 2.75) is 19.6 Å². The van der Waals surface area contributed by atoms with Crippen LogP contribution in [-0.2, 0) is 16.1 Å². The molecule has 0 aliphatic heterocycles. The lowest BCUT2D eigenvalue weighted by Crippen LogP contribution is -2.38. The Kier molecular flexibility index (Phi) is 4.86. The molecule has 0 aliphatic carbocycles. The van der Waals surface area contributed by atoms with Crippen molar-refractivity contribution in [3.05, 3.63) is 41.2 Å². The largest absolute Gasteiger partial charge is 0.372 e. The number of methoxy groups -OCH3 is 1. The summed E-state index contributed by atoms with van der Waals surface area (Å²) in [4.78, 5) is 25.2. The van der Waals surface area contributed by atoms with Gasteiger partial charge in [-0.1, -0.05) is 0 Å². The number of hydrogen-bond acceptors (Lipinski definition) is 4. The van der Waals surface area contributed by atoms with Crippen molar-refractivity contribution in [1.29, 1.82) is 0 Å². The van der Waals surface area contributed by atoms with E-state index < -0.39 is 6.10 Å². The third-order valence-corrected chi connectivity index (χ3v) is 3.27. The molecule has 6 nitrogen and oxygen atoms in total. The predicted molar refractivity (Wildman–Crippen MR) is 78.2 cm³/mol. The maximum absolute atomic E-state index is 12.4. The van der Waals surface area contributed by atoms with E-state index in [1.807, 2.05) is 6.07 Å². The molecule has 0 saturated heterocycles. The van der Waals surface area contributed by atoms with Crippen LogP contribution >= 0.6 is 15.9 Å². The molecule has 0 saturated carbocycles. The summed E-state index contributed by atoms with van der Waals surface area (Å²) < 4.78 is 5.91. The van der Waals surface area contributed by atoms with Crippen molar-refractivity contribution in [3.63, 3.8) is 0 Å². The fraction of sp³-hybridized carbons (Fsp3) is 0.308. The molecule has 0 unspecified atom stereocenters. The molecule has 2 rings (SSSR count). The van der Waals surface area contributed by atoms with Gasteiger partial charge in [0.25, 0.3) is 5.91 Å². The molecule has 0 aliphatic rings. The van der Waals surface area contributed by atoms with Gasteiger partial charge in [0, 0.05) is 30.2 Å². The van der Waals surface area contributed by atoms with Crippen LogP contribution in [0.5, 0.6) is 0 Å². The fourth-order valence-corrected chi connectivity index (χ4v) is 2.05. The second-order valence-corrected chi connectivity index (χ2v) is 5.12. The topological polar surface area (TPSA) is 71.1 Å². The molecule has 2 aromatic rings. The van der Waals surface area contributed by atoms with E-state index in [0.29, 0.717) is 18.1 Å². The van der Waals surface area contributed by atoms with Gasteiger partial charge in [0.1, 0.15) is 11.9 Å². The van der Waals surface area contributed by atoms with Gasteiger partial charge in [-0.2, -0.15) is 0 Å². The van der Waals surface area contributed by atoms with E-state index in [1.165, 1.54) is 7.11 Å². The lowest BCUT2D eigenvalue weighted by molar-refractivity contribution is -0.127. The van der Waals surface area contributed by atoms with Crippen LogP contribution in [0.1, 0.15) is 12.7 Å². The molecular weight excluding hydrogens is 324 g/mol. The van der Waals surface area contributed by atoms with Crippen molar-refractivity contribution in [1.82, 2.24) is 15.0 Å². The highest BCUT2D eigenvalue weighted by atomic mass is 79.9. The minimum atomic E-state index is -0.538. The quantitative estimate of drug-likeness (QED) is 0.906. The molecule has 1 N–H and O–H groups in total. The Hall–Kier alpha value is -1.73. The summed E-state index contributed by atoms with van der Waals surface area (Å²) in [5.74, 6) is 0.547. The predicted octanol–water partition coefficient (Wildman–Crippen LogP) is 2.14. The molecular formula is C13H15BrN4O2. The third-order valence-electron chi connectivity index (χ3n) is 2.83. The molecule has 20 heavy (non-hydrogen) atoms. The van der Waals surface area contributed by atoms with Gasteiger partial charge in [0.05, 0.1) is 18.4 Å². The number of ether oxygens (including phenoxy) is 1. The highest BCUT2D eigenvalue weighted by Gasteiger charge is 2.23. The van der Waals surface area contributed by atoms with Crippen LogP contribution in [0, 0.1) is 0 Å².